The largest absolute Gasteiger partial charge is 0.341 e. The van der Waals surface area contributed by atoms with Crippen LogP contribution in [0.15, 0.2) is 18.2 Å². The second-order valence-corrected chi connectivity index (χ2v) is 7.22. The van der Waals surface area contributed by atoms with Crippen molar-refractivity contribution in [2.24, 2.45) is 0 Å². The van der Waals surface area contributed by atoms with Gasteiger partial charge in [0.1, 0.15) is 0 Å². The molecule has 2 heterocycles. The Morgan fingerprint density at radius 1 is 1.12 bits per heavy atom. The van der Waals surface area contributed by atoms with E-state index in [1.807, 2.05) is 36.6 Å². The van der Waals surface area contributed by atoms with Crippen molar-refractivity contribution in [3.05, 3.63) is 29.3 Å². The number of rotatable bonds is 2. The molecule has 134 valence electrons. The van der Waals surface area contributed by atoms with Gasteiger partial charge < -0.3 is 15.1 Å². The van der Waals surface area contributed by atoms with E-state index in [1.54, 1.807) is 12.1 Å². The van der Waals surface area contributed by atoms with E-state index < -0.39 is 5.41 Å². The lowest BCUT2D eigenvalue weighted by atomic mass is 9.85. The van der Waals surface area contributed by atoms with Crippen LogP contribution >= 0.6 is 0 Å². The number of hydrogen-bond acceptors (Lipinski definition) is 3. The Bertz CT molecular complexity index is 727. The van der Waals surface area contributed by atoms with E-state index in [0.29, 0.717) is 38.2 Å². The molecular weight excluding hydrogens is 318 g/mol. The standard InChI is InChI=1S/C19H25N3O3/c1-4-16(23)21-8-5-9-22(11-10-21)17(24)13-6-7-15-14(12-13)19(2,3)18(25)20-15/h6-7,12H,4-5,8-11H2,1-3H3,(H,20,25). The Kier molecular flexibility index (Phi) is 4.54. The molecule has 6 heteroatoms. The summed E-state index contributed by atoms with van der Waals surface area (Å²) in [7, 11) is 0. The van der Waals surface area contributed by atoms with Gasteiger partial charge in [-0.2, -0.15) is 0 Å². The Hall–Kier alpha value is -2.37. The van der Waals surface area contributed by atoms with E-state index in [4.69, 9.17) is 0 Å². The summed E-state index contributed by atoms with van der Waals surface area (Å²) in [4.78, 5) is 40.5. The molecule has 0 radical (unpaired) electrons. The summed E-state index contributed by atoms with van der Waals surface area (Å²) in [5.74, 6) is 0.0532. The van der Waals surface area contributed by atoms with Crippen LogP contribution in [0.2, 0.25) is 0 Å². The molecule has 2 aliphatic heterocycles. The maximum absolute atomic E-state index is 12.9. The van der Waals surface area contributed by atoms with Gasteiger partial charge in [-0.05, 0) is 44.0 Å². The Balaban J connectivity index is 1.77. The van der Waals surface area contributed by atoms with Gasteiger partial charge in [-0.3, -0.25) is 14.4 Å². The molecule has 0 aromatic heterocycles. The zero-order chi connectivity index (χ0) is 18.2. The van der Waals surface area contributed by atoms with Crippen molar-refractivity contribution in [1.82, 2.24) is 9.80 Å². The first-order chi connectivity index (χ1) is 11.8. The van der Waals surface area contributed by atoms with Crippen LogP contribution in [-0.4, -0.2) is 53.7 Å². The number of benzene rings is 1. The number of carbonyl (C=O) groups is 3. The normalized spacial score (nSPS) is 19.2. The molecule has 1 fully saturated rings. The van der Waals surface area contributed by atoms with E-state index >= 15 is 0 Å². The molecule has 0 unspecified atom stereocenters. The number of nitrogens with zero attached hydrogens (tertiary/aromatic N) is 2. The fraction of sp³-hybridized carbons (Fsp3) is 0.526. The number of carbonyl (C=O) groups excluding carboxylic acids is 3. The molecular formula is C19H25N3O3. The fourth-order valence-electron chi connectivity index (χ4n) is 3.48. The number of fused-ring (bicyclic) bond motifs is 1. The smallest absolute Gasteiger partial charge is 0.253 e. The van der Waals surface area contributed by atoms with Gasteiger partial charge in [0.2, 0.25) is 11.8 Å². The average molecular weight is 343 g/mol. The van der Waals surface area contributed by atoms with Crippen molar-refractivity contribution in [2.45, 2.75) is 39.0 Å². The maximum atomic E-state index is 12.9. The summed E-state index contributed by atoms with van der Waals surface area (Å²) in [5.41, 5.74) is 1.61. The zero-order valence-corrected chi connectivity index (χ0v) is 15.1. The summed E-state index contributed by atoms with van der Waals surface area (Å²) >= 11 is 0. The molecule has 6 nitrogen and oxygen atoms in total. The Labute approximate surface area is 148 Å². The first-order valence-corrected chi connectivity index (χ1v) is 8.87. The van der Waals surface area contributed by atoms with Crippen LogP contribution in [0.3, 0.4) is 0 Å². The number of hydrogen-bond donors (Lipinski definition) is 1. The van der Waals surface area contributed by atoms with Crippen LogP contribution in [0.25, 0.3) is 0 Å². The van der Waals surface area contributed by atoms with Crippen LogP contribution in [0.4, 0.5) is 5.69 Å². The van der Waals surface area contributed by atoms with Crippen LogP contribution in [0, 0.1) is 0 Å². The molecule has 25 heavy (non-hydrogen) atoms. The van der Waals surface area contributed by atoms with Crippen LogP contribution < -0.4 is 5.32 Å². The van der Waals surface area contributed by atoms with Crippen LogP contribution in [0.1, 0.15) is 49.5 Å². The van der Waals surface area contributed by atoms with E-state index in [-0.39, 0.29) is 17.7 Å². The van der Waals surface area contributed by atoms with Gasteiger partial charge in [0, 0.05) is 43.9 Å². The van der Waals surface area contributed by atoms with Gasteiger partial charge in [-0.25, -0.2) is 0 Å². The summed E-state index contributed by atoms with van der Waals surface area (Å²) < 4.78 is 0. The zero-order valence-electron chi connectivity index (χ0n) is 15.1. The highest BCUT2D eigenvalue weighted by atomic mass is 16.2. The second kappa shape index (κ2) is 6.50. The van der Waals surface area contributed by atoms with Gasteiger partial charge in [0.25, 0.3) is 5.91 Å². The second-order valence-electron chi connectivity index (χ2n) is 7.22. The molecule has 0 aliphatic carbocycles. The third-order valence-corrected chi connectivity index (χ3v) is 5.19. The molecule has 0 saturated carbocycles. The average Bonchev–Trinajstić information content (AvgIpc) is 2.78. The van der Waals surface area contributed by atoms with E-state index in [1.165, 1.54) is 0 Å². The summed E-state index contributed by atoms with van der Waals surface area (Å²) in [6.45, 7) is 8.05. The van der Waals surface area contributed by atoms with Crippen molar-refractivity contribution in [2.75, 3.05) is 31.5 Å². The summed E-state index contributed by atoms with van der Waals surface area (Å²) in [6, 6.07) is 5.40. The number of nitrogens with one attached hydrogen (secondary N) is 1. The highest BCUT2D eigenvalue weighted by Gasteiger charge is 2.38. The first-order valence-electron chi connectivity index (χ1n) is 8.87. The molecule has 3 amide bonds. The van der Waals surface area contributed by atoms with Gasteiger partial charge in [0.05, 0.1) is 5.41 Å². The van der Waals surface area contributed by atoms with Crippen LogP contribution in [-0.2, 0) is 15.0 Å². The minimum atomic E-state index is -0.630. The van der Waals surface area contributed by atoms with E-state index in [0.717, 1.165) is 17.7 Å². The lowest BCUT2D eigenvalue weighted by Gasteiger charge is -2.22. The molecule has 2 aliphatic rings. The molecule has 0 atom stereocenters. The molecule has 1 saturated heterocycles. The highest BCUT2D eigenvalue weighted by molar-refractivity contribution is 6.07. The third kappa shape index (κ3) is 3.13. The lowest BCUT2D eigenvalue weighted by molar-refractivity contribution is -0.130. The SMILES string of the molecule is CCC(=O)N1CCCN(C(=O)c2ccc3c(c2)C(C)(C)C(=O)N3)CC1. The molecule has 1 aromatic carbocycles. The molecule has 0 spiro atoms. The Morgan fingerprint density at radius 3 is 2.52 bits per heavy atom. The maximum Gasteiger partial charge on any atom is 0.253 e. The predicted octanol–water partition coefficient (Wildman–Crippen LogP) is 2.00. The van der Waals surface area contributed by atoms with Crippen molar-refractivity contribution in [3.63, 3.8) is 0 Å². The van der Waals surface area contributed by atoms with E-state index in [2.05, 4.69) is 5.32 Å². The van der Waals surface area contributed by atoms with Crippen LogP contribution in [0.5, 0.6) is 0 Å². The summed E-state index contributed by atoms with van der Waals surface area (Å²) in [5, 5.41) is 2.86. The number of anilines is 1. The van der Waals surface area contributed by atoms with Crippen molar-refractivity contribution >= 4 is 23.4 Å². The van der Waals surface area contributed by atoms with E-state index in [9.17, 15) is 14.4 Å². The van der Waals surface area contributed by atoms with Crippen molar-refractivity contribution < 1.29 is 14.4 Å². The highest BCUT2D eigenvalue weighted by Crippen LogP contribution is 2.37. The predicted molar refractivity (Wildman–Crippen MR) is 95.5 cm³/mol. The Morgan fingerprint density at radius 2 is 1.80 bits per heavy atom. The molecule has 0 bridgehead atoms. The lowest BCUT2D eigenvalue weighted by Crippen LogP contribution is -2.37. The first kappa shape index (κ1) is 17.5. The fourth-order valence-corrected chi connectivity index (χ4v) is 3.48. The van der Waals surface area contributed by atoms with Gasteiger partial charge in [-0.1, -0.05) is 6.92 Å². The van der Waals surface area contributed by atoms with Gasteiger partial charge >= 0.3 is 0 Å². The quantitative estimate of drug-likeness (QED) is 0.893. The monoisotopic (exact) mass is 343 g/mol. The van der Waals surface area contributed by atoms with Gasteiger partial charge in [-0.15, -0.1) is 0 Å². The van der Waals surface area contributed by atoms with Crippen molar-refractivity contribution in [3.8, 4) is 0 Å². The molecule has 1 aromatic rings. The topological polar surface area (TPSA) is 69.7 Å². The van der Waals surface area contributed by atoms with Crippen molar-refractivity contribution in [1.29, 1.82) is 0 Å². The number of amides is 3. The molecule has 3 rings (SSSR count). The minimum absolute atomic E-state index is 0.0382. The third-order valence-electron chi connectivity index (χ3n) is 5.19. The van der Waals surface area contributed by atoms with Gasteiger partial charge in [0.15, 0.2) is 0 Å². The minimum Gasteiger partial charge on any atom is -0.341 e. The molecule has 1 N–H and O–H groups in total. The summed E-state index contributed by atoms with van der Waals surface area (Å²) in [6.07, 6.45) is 1.28.